The molecule has 0 spiro atoms. The number of hydrogen-bond acceptors (Lipinski definition) is 3. The lowest BCUT2D eigenvalue weighted by molar-refractivity contribution is -0.152. The SMILES string of the molecule is CC(C(=O)NC1(c2ccccc2)CCC(C(C)N2CCC[C@@](C)(C(=O)O)C2)CC1)c1cc(C(F)(F)F)cc(C(F)(F)F)c1. The molecule has 236 valence electrons. The van der Waals surface area contributed by atoms with E-state index < -0.39 is 52.2 Å². The van der Waals surface area contributed by atoms with Crippen LogP contribution in [0.25, 0.3) is 0 Å². The van der Waals surface area contributed by atoms with E-state index in [-0.39, 0.29) is 23.6 Å². The number of hydrogen-bond donors (Lipinski definition) is 2. The van der Waals surface area contributed by atoms with Gasteiger partial charge >= 0.3 is 18.3 Å². The van der Waals surface area contributed by atoms with Gasteiger partial charge in [-0.15, -0.1) is 0 Å². The van der Waals surface area contributed by atoms with Crippen LogP contribution in [0.15, 0.2) is 48.5 Å². The molecule has 43 heavy (non-hydrogen) atoms. The van der Waals surface area contributed by atoms with Crippen molar-refractivity contribution in [2.24, 2.45) is 11.3 Å². The van der Waals surface area contributed by atoms with Crippen LogP contribution < -0.4 is 5.32 Å². The normalized spacial score (nSPS) is 26.9. The molecule has 5 nitrogen and oxygen atoms in total. The van der Waals surface area contributed by atoms with Crippen molar-refractivity contribution in [1.29, 1.82) is 0 Å². The van der Waals surface area contributed by atoms with Gasteiger partial charge < -0.3 is 10.4 Å². The fourth-order valence-electron chi connectivity index (χ4n) is 6.68. The van der Waals surface area contributed by atoms with Gasteiger partial charge in [0.05, 0.1) is 28.0 Å². The number of aliphatic carboxylic acids is 1. The number of nitrogens with zero attached hydrogens (tertiary/aromatic N) is 1. The van der Waals surface area contributed by atoms with Gasteiger partial charge in [0.1, 0.15) is 0 Å². The Morgan fingerprint density at radius 3 is 2.00 bits per heavy atom. The number of carbonyl (C=O) groups excluding carboxylic acids is 1. The molecule has 1 amide bonds. The summed E-state index contributed by atoms with van der Waals surface area (Å²) in [6.45, 7) is 6.44. The third-order valence-electron chi connectivity index (χ3n) is 9.58. The summed E-state index contributed by atoms with van der Waals surface area (Å²) >= 11 is 0. The average molecular weight is 613 g/mol. The minimum absolute atomic E-state index is 0.0589. The van der Waals surface area contributed by atoms with Crippen LogP contribution in [0, 0.1) is 11.3 Å². The maximum Gasteiger partial charge on any atom is 0.416 e. The third-order valence-corrected chi connectivity index (χ3v) is 9.58. The van der Waals surface area contributed by atoms with E-state index >= 15 is 0 Å². The minimum atomic E-state index is -5.01. The van der Waals surface area contributed by atoms with E-state index in [0.717, 1.165) is 18.5 Å². The molecule has 2 fully saturated rings. The molecule has 2 N–H and O–H groups in total. The number of carboxylic acid groups (broad SMARTS) is 1. The highest BCUT2D eigenvalue weighted by atomic mass is 19.4. The van der Waals surface area contributed by atoms with Crippen LogP contribution in [0.5, 0.6) is 0 Å². The van der Waals surface area contributed by atoms with E-state index in [2.05, 4.69) is 17.1 Å². The van der Waals surface area contributed by atoms with Crippen molar-refractivity contribution >= 4 is 11.9 Å². The molecular formula is C32H38F6N2O3. The Kier molecular flexibility index (Phi) is 9.26. The zero-order valence-corrected chi connectivity index (χ0v) is 24.5. The number of nitrogens with one attached hydrogen (secondary N) is 1. The predicted octanol–water partition coefficient (Wildman–Crippen LogP) is 7.60. The van der Waals surface area contributed by atoms with E-state index in [0.29, 0.717) is 50.8 Å². The van der Waals surface area contributed by atoms with Gasteiger partial charge in [-0.25, -0.2) is 0 Å². The van der Waals surface area contributed by atoms with Crippen molar-refractivity contribution in [3.63, 3.8) is 0 Å². The van der Waals surface area contributed by atoms with Crippen molar-refractivity contribution in [1.82, 2.24) is 10.2 Å². The van der Waals surface area contributed by atoms with Gasteiger partial charge in [0.2, 0.25) is 5.91 Å². The summed E-state index contributed by atoms with van der Waals surface area (Å²) in [6, 6.07) is 10.6. The number of carboxylic acids is 1. The van der Waals surface area contributed by atoms with Gasteiger partial charge in [-0.1, -0.05) is 30.3 Å². The molecule has 2 aromatic carbocycles. The molecule has 1 saturated heterocycles. The molecule has 4 rings (SSSR count). The second-order valence-electron chi connectivity index (χ2n) is 12.5. The zero-order valence-electron chi connectivity index (χ0n) is 24.5. The third kappa shape index (κ3) is 7.19. The summed E-state index contributed by atoms with van der Waals surface area (Å²) in [5.74, 6) is -2.52. The fourth-order valence-corrected chi connectivity index (χ4v) is 6.68. The highest BCUT2D eigenvalue weighted by Crippen LogP contribution is 2.44. The molecule has 2 aromatic rings. The monoisotopic (exact) mass is 612 g/mol. The Labute approximate surface area is 247 Å². The molecule has 1 saturated carbocycles. The smallest absolute Gasteiger partial charge is 0.416 e. The van der Waals surface area contributed by atoms with E-state index in [9.17, 15) is 41.0 Å². The summed E-state index contributed by atoms with van der Waals surface area (Å²) < 4.78 is 80.8. The fraction of sp³-hybridized carbons (Fsp3) is 0.562. The van der Waals surface area contributed by atoms with Crippen LogP contribution in [0.2, 0.25) is 0 Å². The van der Waals surface area contributed by atoms with Crippen LogP contribution >= 0.6 is 0 Å². The molecular weight excluding hydrogens is 574 g/mol. The van der Waals surface area contributed by atoms with E-state index in [1.807, 2.05) is 30.3 Å². The number of alkyl halides is 6. The van der Waals surface area contributed by atoms with E-state index in [1.54, 1.807) is 6.92 Å². The van der Waals surface area contributed by atoms with Gasteiger partial charge in [0.25, 0.3) is 0 Å². The maximum absolute atomic E-state index is 13.6. The standard InChI is InChI=1S/C32H38F6N2O3/c1-20(23-16-25(31(33,34)35)18-26(17-23)32(36,37)38)27(41)39-30(24-8-5-4-6-9-24)13-10-22(11-14-30)21(2)40-15-7-12-29(3,19-40)28(42)43/h4-6,8-9,16-18,20-22H,7,10-15,19H2,1-3H3,(H,39,41)(H,42,43)/t20?,21?,22?,29-,30?/m1/s1. The quantitative estimate of drug-likeness (QED) is 0.316. The van der Waals surface area contributed by atoms with Gasteiger partial charge in [0.15, 0.2) is 0 Å². The van der Waals surface area contributed by atoms with Crippen molar-refractivity contribution in [2.75, 3.05) is 13.1 Å². The Balaban J connectivity index is 1.56. The highest BCUT2D eigenvalue weighted by molar-refractivity contribution is 5.84. The predicted molar refractivity (Wildman–Crippen MR) is 149 cm³/mol. The lowest BCUT2D eigenvalue weighted by Crippen LogP contribution is -2.54. The Hall–Kier alpha value is -3.08. The second-order valence-corrected chi connectivity index (χ2v) is 12.5. The molecule has 2 aliphatic rings. The number of likely N-dealkylation sites (tertiary alicyclic amines) is 1. The van der Waals surface area contributed by atoms with E-state index in [4.69, 9.17) is 0 Å². The maximum atomic E-state index is 13.6. The van der Waals surface area contributed by atoms with Gasteiger partial charge in [0, 0.05) is 12.6 Å². The second kappa shape index (κ2) is 12.1. The molecule has 3 atom stereocenters. The Bertz CT molecular complexity index is 1270. The van der Waals surface area contributed by atoms with Gasteiger partial charge in [-0.3, -0.25) is 14.5 Å². The van der Waals surface area contributed by atoms with Crippen LogP contribution in [0.4, 0.5) is 26.3 Å². The number of piperidine rings is 1. The molecule has 1 aliphatic heterocycles. The van der Waals surface area contributed by atoms with Crippen molar-refractivity contribution in [2.45, 2.75) is 89.1 Å². The summed E-state index contributed by atoms with van der Waals surface area (Å²) in [5.41, 5.74) is -4.12. The number of carbonyl (C=O) groups is 2. The largest absolute Gasteiger partial charge is 0.481 e. The van der Waals surface area contributed by atoms with Crippen molar-refractivity contribution in [3.05, 3.63) is 70.8 Å². The highest BCUT2D eigenvalue weighted by Gasteiger charge is 2.44. The molecule has 0 radical (unpaired) electrons. The average Bonchev–Trinajstić information content (AvgIpc) is 2.96. The first kappa shape index (κ1) is 32.8. The minimum Gasteiger partial charge on any atom is -0.481 e. The van der Waals surface area contributed by atoms with Crippen molar-refractivity contribution < 1.29 is 41.0 Å². The summed E-state index contributed by atoms with van der Waals surface area (Å²) in [5, 5.41) is 12.8. The number of benzene rings is 2. The van der Waals surface area contributed by atoms with Crippen LogP contribution in [0.3, 0.4) is 0 Å². The van der Waals surface area contributed by atoms with Crippen LogP contribution in [-0.4, -0.2) is 41.0 Å². The first-order chi connectivity index (χ1) is 19.9. The lowest BCUT2D eigenvalue weighted by atomic mass is 9.70. The number of halogens is 6. The van der Waals surface area contributed by atoms with Gasteiger partial charge in [-0.05, 0) is 101 Å². The molecule has 0 aromatic heterocycles. The summed E-state index contributed by atoms with van der Waals surface area (Å²) in [6.07, 6.45) is -6.18. The molecule has 1 aliphatic carbocycles. The zero-order chi connectivity index (χ0) is 31.8. The van der Waals surface area contributed by atoms with E-state index in [1.165, 1.54) is 6.92 Å². The van der Waals surface area contributed by atoms with Crippen LogP contribution in [0.1, 0.15) is 87.5 Å². The Morgan fingerprint density at radius 2 is 1.49 bits per heavy atom. The lowest BCUT2D eigenvalue weighted by Gasteiger charge is -2.47. The summed E-state index contributed by atoms with van der Waals surface area (Å²) in [7, 11) is 0. The number of rotatable bonds is 7. The van der Waals surface area contributed by atoms with Crippen molar-refractivity contribution in [3.8, 4) is 0 Å². The topological polar surface area (TPSA) is 69.6 Å². The number of amides is 1. The molecule has 2 unspecified atom stereocenters. The first-order valence-corrected chi connectivity index (χ1v) is 14.6. The molecule has 11 heteroatoms. The Morgan fingerprint density at radius 1 is 0.930 bits per heavy atom. The molecule has 0 bridgehead atoms. The van der Waals surface area contributed by atoms with Crippen LogP contribution in [-0.2, 0) is 27.5 Å². The molecule has 1 heterocycles. The summed E-state index contributed by atoms with van der Waals surface area (Å²) in [4.78, 5) is 27.7. The first-order valence-electron chi connectivity index (χ1n) is 14.6. The van der Waals surface area contributed by atoms with Gasteiger partial charge in [-0.2, -0.15) is 26.3 Å².